The summed E-state index contributed by atoms with van der Waals surface area (Å²) in [6, 6.07) is 20.5. The van der Waals surface area contributed by atoms with Crippen molar-refractivity contribution in [1.82, 2.24) is 15.1 Å². The highest BCUT2D eigenvalue weighted by molar-refractivity contribution is 6.00. The third kappa shape index (κ3) is 4.57. The lowest BCUT2D eigenvalue weighted by atomic mass is 10.0. The molecule has 0 saturated carbocycles. The van der Waals surface area contributed by atoms with Gasteiger partial charge in [-0.25, -0.2) is 4.68 Å². The van der Waals surface area contributed by atoms with Crippen LogP contribution in [0.4, 0.5) is 0 Å². The molecular weight excluding hydrogens is 458 g/mol. The van der Waals surface area contributed by atoms with Crippen molar-refractivity contribution in [3.8, 4) is 39.9 Å². The molecule has 0 radical (unpaired) electrons. The third-order valence-electron chi connectivity index (χ3n) is 6.06. The van der Waals surface area contributed by atoms with E-state index in [0.29, 0.717) is 53.0 Å². The molecule has 1 aromatic heterocycles. The molecule has 0 spiro atoms. The highest BCUT2D eigenvalue weighted by atomic mass is 16.6. The van der Waals surface area contributed by atoms with Crippen molar-refractivity contribution in [2.45, 2.75) is 13.0 Å². The summed E-state index contributed by atoms with van der Waals surface area (Å²) < 4.78 is 24.0. The van der Waals surface area contributed by atoms with E-state index in [0.717, 1.165) is 11.3 Å². The quantitative estimate of drug-likeness (QED) is 0.404. The number of methoxy groups -OCH3 is 2. The van der Waals surface area contributed by atoms with Crippen LogP contribution in [-0.2, 0) is 0 Å². The predicted octanol–water partition coefficient (Wildman–Crippen LogP) is 4.82. The number of carbonyl (C=O) groups excluding carboxylic acids is 1. The molecule has 0 saturated heterocycles. The Labute approximate surface area is 209 Å². The zero-order valence-electron chi connectivity index (χ0n) is 20.4. The van der Waals surface area contributed by atoms with E-state index in [4.69, 9.17) is 24.0 Å². The van der Waals surface area contributed by atoms with Gasteiger partial charge in [0.1, 0.15) is 30.4 Å². The summed E-state index contributed by atoms with van der Waals surface area (Å²) in [7, 11) is 3.18. The van der Waals surface area contributed by atoms with E-state index in [9.17, 15) is 4.79 Å². The molecule has 1 N–H and O–H groups in total. The van der Waals surface area contributed by atoms with Crippen LogP contribution >= 0.6 is 0 Å². The van der Waals surface area contributed by atoms with Gasteiger partial charge in [0.2, 0.25) is 0 Å². The fourth-order valence-corrected chi connectivity index (χ4v) is 4.14. The van der Waals surface area contributed by atoms with Crippen LogP contribution in [-0.4, -0.2) is 43.1 Å². The Hall–Kier alpha value is -4.46. The fraction of sp³-hybridized carbons (Fsp3) is 0.214. The standard InChI is InChI=1S/C28H27N3O5/c1-18(19-9-11-25-26(15-19)36-14-13-35-25)29-28(32)23-17-31(20-7-5-4-6-8-20)30-27(23)22-16-21(33-2)10-12-24(22)34-3/h4-12,15-18H,13-14H2,1-3H3,(H,29,32). The number of amides is 1. The van der Waals surface area contributed by atoms with E-state index < -0.39 is 0 Å². The number of aromatic nitrogens is 2. The molecule has 3 aromatic carbocycles. The first-order valence-corrected chi connectivity index (χ1v) is 11.7. The van der Waals surface area contributed by atoms with Crippen LogP contribution in [0, 0.1) is 0 Å². The molecule has 5 rings (SSSR count). The Bertz CT molecular complexity index is 1380. The van der Waals surface area contributed by atoms with Gasteiger partial charge in [0.25, 0.3) is 5.91 Å². The molecule has 0 bridgehead atoms. The van der Waals surface area contributed by atoms with Crippen LogP contribution < -0.4 is 24.3 Å². The Morgan fingerprint density at radius 1 is 0.972 bits per heavy atom. The molecule has 0 fully saturated rings. The number of ether oxygens (including phenoxy) is 4. The topological polar surface area (TPSA) is 83.8 Å². The van der Waals surface area contributed by atoms with E-state index in [-0.39, 0.29) is 11.9 Å². The molecule has 0 aliphatic carbocycles. The van der Waals surface area contributed by atoms with Gasteiger partial charge in [0.15, 0.2) is 11.5 Å². The number of nitrogens with zero attached hydrogens (tertiary/aromatic N) is 2. The number of nitrogens with one attached hydrogen (secondary N) is 1. The lowest BCUT2D eigenvalue weighted by Gasteiger charge is -2.21. The molecule has 1 aliphatic heterocycles. The second-order valence-corrected chi connectivity index (χ2v) is 8.34. The van der Waals surface area contributed by atoms with Gasteiger partial charge in [0.05, 0.1) is 31.5 Å². The van der Waals surface area contributed by atoms with Crippen molar-refractivity contribution in [2.75, 3.05) is 27.4 Å². The average molecular weight is 486 g/mol. The van der Waals surface area contributed by atoms with E-state index in [2.05, 4.69) is 5.32 Å². The van der Waals surface area contributed by atoms with Crippen LogP contribution in [0.25, 0.3) is 16.9 Å². The van der Waals surface area contributed by atoms with Gasteiger partial charge in [-0.3, -0.25) is 4.79 Å². The number of fused-ring (bicyclic) bond motifs is 1. The van der Waals surface area contributed by atoms with E-state index in [1.807, 2.05) is 61.5 Å². The molecule has 36 heavy (non-hydrogen) atoms. The monoisotopic (exact) mass is 485 g/mol. The highest BCUT2D eigenvalue weighted by Crippen LogP contribution is 2.36. The summed E-state index contributed by atoms with van der Waals surface area (Å²) in [5.41, 5.74) is 3.29. The maximum Gasteiger partial charge on any atom is 0.255 e. The van der Waals surface area contributed by atoms with Gasteiger partial charge < -0.3 is 24.3 Å². The van der Waals surface area contributed by atoms with Crippen LogP contribution in [0.15, 0.2) is 72.9 Å². The molecule has 1 amide bonds. The van der Waals surface area contributed by atoms with E-state index in [1.165, 1.54) is 0 Å². The van der Waals surface area contributed by atoms with Crippen LogP contribution in [0.2, 0.25) is 0 Å². The SMILES string of the molecule is COc1ccc(OC)c(-c2nn(-c3ccccc3)cc2C(=O)NC(C)c2ccc3c(c2)OCCO3)c1. The molecule has 4 aromatic rings. The van der Waals surface area contributed by atoms with Crippen molar-refractivity contribution < 1.29 is 23.7 Å². The molecular formula is C28H27N3O5. The highest BCUT2D eigenvalue weighted by Gasteiger charge is 2.24. The van der Waals surface area contributed by atoms with Crippen molar-refractivity contribution >= 4 is 5.91 Å². The molecule has 1 unspecified atom stereocenters. The molecule has 184 valence electrons. The Kier molecular flexibility index (Phi) is 6.49. The molecule has 8 nitrogen and oxygen atoms in total. The van der Waals surface area contributed by atoms with E-state index in [1.54, 1.807) is 37.2 Å². The van der Waals surface area contributed by atoms with E-state index >= 15 is 0 Å². The second kappa shape index (κ2) is 10.0. The maximum atomic E-state index is 13.6. The van der Waals surface area contributed by atoms with Crippen LogP contribution in [0.1, 0.15) is 28.9 Å². The van der Waals surface area contributed by atoms with Gasteiger partial charge in [-0.15, -0.1) is 0 Å². The van der Waals surface area contributed by atoms with Crippen molar-refractivity contribution in [2.24, 2.45) is 0 Å². The summed E-state index contributed by atoms with van der Waals surface area (Å²) in [6.45, 7) is 2.96. The van der Waals surface area contributed by atoms with Gasteiger partial charge in [0, 0.05) is 11.8 Å². The minimum atomic E-state index is -0.284. The normalized spacial score (nSPS) is 13.1. The number of hydrogen-bond acceptors (Lipinski definition) is 6. The number of hydrogen-bond donors (Lipinski definition) is 1. The van der Waals surface area contributed by atoms with Gasteiger partial charge in [-0.05, 0) is 55.0 Å². The lowest BCUT2D eigenvalue weighted by Crippen LogP contribution is -2.27. The molecule has 2 heterocycles. The first-order chi connectivity index (χ1) is 17.6. The Morgan fingerprint density at radius 3 is 2.50 bits per heavy atom. The number of rotatable bonds is 7. The summed E-state index contributed by atoms with van der Waals surface area (Å²) in [4.78, 5) is 13.6. The number of benzene rings is 3. The smallest absolute Gasteiger partial charge is 0.255 e. The van der Waals surface area contributed by atoms with Crippen LogP contribution in [0.5, 0.6) is 23.0 Å². The average Bonchev–Trinajstić information content (AvgIpc) is 3.38. The minimum Gasteiger partial charge on any atom is -0.497 e. The Morgan fingerprint density at radius 2 is 1.75 bits per heavy atom. The van der Waals surface area contributed by atoms with Gasteiger partial charge in [-0.1, -0.05) is 24.3 Å². The van der Waals surface area contributed by atoms with Gasteiger partial charge in [-0.2, -0.15) is 5.10 Å². The molecule has 1 atom stereocenters. The number of para-hydroxylation sites is 1. The third-order valence-corrected chi connectivity index (χ3v) is 6.06. The Balaban J connectivity index is 1.52. The summed E-state index contributed by atoms with van der Waals surface area (Å²) >= 11 is 0. The fourth-order valence-electron chi connectivity index (χ4n) is 4.14. The lowest BCUT2D eigenvalue weighted by molar-refractivity contribution is 0.0940. The summed E-state index contributed by atoms with van der Waals surface area (Å²) in [5.74, 6) is 2.34. The molecule has 8 heteroatoms. The maximum absolute atomic E-state index is 13.6. The first kappa shape index (κ1) is 23.3. The van der Waals surface area contributed by atoms with Gasteiger partial charge >= 0.3 is 0 Å². The largest absolute Gasteiger partial charge is 0.497 e. The second-order valence-electron chi connectivity index (χ2n) is 8.34. The first-order valence-electron chi connectivity index (χ1n) is 11.7. The van der Waals surface area contributed by atoms with Crippen LogP contribution in [0.3, 0.4) is 0 Å². The minimum absolute atomic E-state index is 0.264. The zero-order valence-corrected chi connectivity index (χ0v) is 20.4. The molecule has 1 aliphatic rings. The number of carbonyl (C=O) groups is 1. The van der Waals surface area contributed by atoms with Crippen molar-refractivity contribution in [3.05, 3.63) is 84.1 Å². The summed E-state index contributed by atoms with van der Waals surface area (Å²) in [5, 5.41) is 7.88. The van der Waals surface area contributed by atoms with Crippen molar-refractivity contribution in [1.29, 1.82) is 0 Å². The zero-order chi connectivity index (χ0) is 25.1. The predicted molar refractivity (Wildman–Crippen MR) is 135 cm³/mol. The van der Waals surface area contributed by atoms with Crippen molar-refractivity contribution in [3.63, 3.8) is 0 Å². The summed E-state index contributed by atoms with van der Waals surface area (Å²) in [6.07, 6.45) is 1.73.